The zero-order chi connectivity index (χ0) is 15.2. The average Bonchev–Trinajstić information content (AvgIpc) is 2.49. The van der Waals surface area contributed by atoms with Crippen molar-refractivity contribution in [3.63, 3.8) is 0 Å². The van der Waals surface area contributed by atoms with Gasteiger partial charge < -0.3 is 15.7 Å². The molecule has 4 nitrogen and oxygen atoms in total. The van der Waals surface area contributed by atoms with Gasteiger partial charge in [0.05, 0.1) is 11.8 Å². The van der Waals surface area contributed by atoms with E-state index in [2.05, 4.69) is 10.6 Å². The number of aliphatic hydroxyl groups excluding tert-OH is 1. The quantitative estimate of drug-likeness (QED) is 0.811. The minimum absolute atomic E-state index is 0.0488. The second-order valence-corrected chi connectivity index (χ2v) is 4.39. The molecule has 2 amide bonds. The van der Waals surface area contributed by atoms with Gasteiger partial charge in [-0.2, -0.15) is 0 Å². The summed E-state index contributed by atoms with van der Waals surface area (Å²) in [6, 6.07) is 10.8. The number of anilines is 1. The number of carbonyl (C=O) groups excluding carboxylic acids is 1. The van der Waals surface area contributed by atoms with Crippen molar-refractivity contribution in [1.29, 1.82) is 0 Å². The standard InChI is InChI=1S/C15H14F2N2O2/c16-11-6-7-12(17)13(8-11)19-15(21)18-9-14(20)10-4-2-1-3-5-10/h1-8,14,20H,9H2,(H2,18,19,21)/t14-/m0/s1. The van der Waals surface area contributed by atoms with E-state index < -0.39 is 23.8 Å². The molecular weight excluding hydrogens is 278 g/mol. The number of nitrogens with one attached hydrogen (secondary N) is 2. The Morgan fingerprint density at radius 3 is 2.57 bits per heavy atom. The second-order valence-electron chi connectivity index (χ2n) is 4.39. The Kier molecular flexibility index (Phi) is 4.84. The molecule has 0 aliphatic carbocycles. The molecular formula is C15H14F2N2O2. The van der Waals surface area contributed by atoms with Gasteiger partial charge in [-0.3, -0.25) is 0 Å². The Hall–Kier alpha value is -2.47. The molecule has 0 saturated carbocycles. The molecule has 0 aromatic heterocycles. The number of amides is 2. The predicted octanol–water partition coefficient (Wildman–Crippen LogP) is 2.82. The van der Waals surface area contributed by atoms with Crippen molar-refractivity contribution in [3.05, 3.63) is 65.7 Å². The summed E-state index contributed by atoms with van der Waals surface area (Å²) < 4.78 is 26.3. The summed E-state index contributed by atoms with van der Waals surface area (Å²) in [5, 5.41) is 14.4. The first-order valence-corrected chi connectivity index (χ1v) is 6.29. The van der Waals surface area contributed by atoms with Gasteiger partial charge >= 0.3 is 6.03 Å². The fraction of sp³-hybridized carbons (Fsp3) is 0.133. The van der Waals surface area contributed by atoms with Gasteiger partial charge in [-0.25, -0.2) is 13.6 Å². The fourth-order valence-corrected chi connectivity index (χ4v) is 1.74. The molecule has 0 spiro atoms. The zero-order valence-electron chi connectivity index (χ0n) is 11.0. The highest BCUT2D eigenvalue weighted by atomic mass is 19.1. The maximum Gasteiger partial charge on any atom is 0.319 e. The SMILES string of the molecule is O=C(NC[C@H](O)c1ccccc1)Nc1cc(F)ccc1F. The average molecular weight is 292 g/mol. The van der Waals surface area contributed by atoms with E-state index in [9.17, 15) is 18.7 Å². The monoisotopic (exact) mass is 292 g/mol. The molecule has 0 radical (unpaired) electrons. The van der Waals surface area contributed by atoms with Crippen molar-refractivity contribution in [2.45, 2.75) is 6.10 Å². The number of carbonyl (C=O) groups is 1. The van der Waals surface area contributed by atoms with Crippen LogP contribution in [0.3, 0.4) is 0 Å². The van der Waals surface area contributed by atoms with E-state index in [0.717, 1.165) is 18.2 Å². The van der Waals surface area contributed by atoms with Crippen LogP contribution >= 0.6 is 0 Å². The lowest BCUT2D eigenvalue weighted by Crippen LogP contribution is -2.32. The van der Waals surface area contributed by atoms with Gasteiger partial charge in [0.25, 0.3) is 0 Å². The van der Waals surface area contributed by atoms with Gasteiger partial charge in [-0.1, -0.05) is 30.3 Å². The Balaban J connectivity index is 1.89. The molecule has 0 unspecified atom stereocenters. The van der Waals surface area contributed by atoms with Crippen LogP contribution in [-0.2, 0) is 0 Å². The molecule has 2 aromatic rings. The van der Waals surface area contributed by atoms with Crippen LogP contribution in [-0.4, -0.2) is 17.7 Å². The van der Waals surface area contributed by atoms with Crippen LogP contribution in [0.5, 0.6) is 0 Å². The van der Waals surface area contributed by atoms with E-state index in [1.165, 1.54) is 0 Å². The molecule has 0 aliphatic rings. The smallest absolute Gasteiger partial charge is 0.319 e. The fourth-order valence-electron chi connectivity index (χ4n) is 1.74. The zero-order valence-corrected chi connectivity index (χ0v) is 11.0. The lowest BCUT2D eigenvalue weighted by molar-refractivity contribution is 0.175. The van der Waals surface area contributed by atoms with Crippen LogP contribution in [0.15, 0.2) is 48.5 Å². The first-order chi connectivity index (χ1) is 10.1. The van der Waals surface area contributed by atoms with Crippen molar-refractivity contribution in [2.75, 3.05) is 11.9 Å². The number of rotatable bonds is 4. The predicted molar refractivity (Wildman–Crippen MR) is 74.8 cm³/mol. The summed E-state index contributed by atoms with van der Waals surface area (Å²) in [7, 11) is 0. The van der Waals surface area contributed by atoms with E-state index in [4.69, 9.17) is 0 Å². The van der Waals surface area contributed by atoms with Gasteiger partial charge in [0.15, 0.2) is 0 Å². The van der Waals surface area contributed by atoms with E-state index in [-0.39, 0.29) is 12.2 Å². The van der Waals surface area contributed by atoms with Crippen molar-refractivity contribution < 1.29 is 18.7 Å². The van der Waals surface area contributed by atoms with Crippen LogP contribution < -0.4 is 10.6 Å². The van der Waals surface area contributed by atoms with Crippen LogP contribution in [0.4, 0.5) is 19.3 Å². The number of urea groups is 1. The van der Waals surface area contributed by atoms with Crippen molar-refractivity contribution in [2.24, 2.45) is 0 Å². The molecule has 2 aromatic carbocycles. The summed E-state index contributed by atoms with van der Waals surface area (Å²) in [6.07, 6.45) is -0.880. The normalized spacial score (nSPS) is 11.8. The molecule has 0 saturated heterocycles. The van der Waals surface area contributed by atoms with E-state index >= 15 is 0 Å². The number of benzene rings is 2. The van der Waals surface area contributed by atoms with Gasteiger partial charge in [0.1, 0.15) is 11.6 Å². The van der Waals surface area contributed by atoms with Crippen molar-refractivity contribution in [1.82, 2.24) is 5.32 Å². The summed E-state index contributed by atoms with van der Waals surface area (Å²) in [6.45, 7) is -0.0488. The lowest BCUT2D eigenvalue weighted by Gasteiger charge is -2.13. The Morgan fingerprint density at radius 1 is 1.14 bits per heavy atom. The summed E-state index contributed by atoms with van der Waals surface area (Å²) in [4.78, 5) is 11.6. The van der Waals surface area contributed by atoms with Crippen molar-refractivity contribution in [3.8, 4) is 0 Å². The summed E-state index contributed by atoms with van der Waals surface area (Å²) in [5.74, 6) is -1.40. The molecule has 6 heteroatoms. The van der Waals surface area contributed by atoms with Crippen LogP contribution in [0, 0.1) is 11.6 Å². The summed E-state index contributed by atoms with van der Waals surface area (Å²) in [5.41, 5.74) is 0.386. The highest BCUT2D eigenvalue weighted by Crippen LogP contribution is 2.15. The minimum atomic E-state index is -0.880. The number of hydrogen-bond acceptors (Lipinski definition) is 2. The molecule has 3 N–H and O–H groups in total. The first kappa shape index (κ1) is 14.9. The van der Waals surface area contributed by atoms with Crippen molar-refractivity contribution >= 4 is 11.7 Å². The molecule has 21 heavy (non-hydrogen) atoms. The van der Waals surface area contributed by atoms with E-state index in [1.54, 1.807) is 24.3 Å². The molecule has 0 fully saturated rings. The van der Waals surface area contributed by atoms with Crippen LogP contribution in [0.2, 0.25) is 0 Å². The van der Waals surface area contributed by atoms with Crippen LogP contribution in [0.1, 0.15) is 11.7 Å². The molecule has 1 atom stereocenters. The molecule has 0 aliphatic heterocycles. The van der Waals surface area contributed by atoms with Crippen LogP contribution in [0.25, 0.3) is 0 Å². The maximum absolute atomic E-state index is 13.3. The highest BCUT2D eigenvalue weighted by Gasteiger charge is 2.11. The number of aliphatic hydroxyl groups is 1. The number of hydrogen-bond donors (Lipinski definition) is 3. The maximum atomic E-state index is 13.3. The first-order valence-electron chi connectivity index (χ1n) is 6.29. The molecule has 2 rings (SSSR count). The molecule has 0 heterocycles. The van der Waals surface area contributed by atoms with Gasteiger partial charge in [-0.05, 0) is 17.7 Å². The summed E-state index contributed by atoms with van der Waals surface area (Å²) >= 11 is 0. The Labute approximate surface area is 120 Å². The van der Waals surface area contributed by atoms with Gasteiger partial charge in [0, 0.05) is 12.6 Å². The third-order valence-corrected chi connectivity index (χ3v) is 2.82. The number of halogens is 2. The third kappa shape index (κ3) is 4.25. The van der Waals surface area contributed by atoms with E-state index in [0.29, 0.717) is 5.56 Å². The minimum Gasteiger partial charge on any atom is -0.387 e. The third-order valence-electron chi connectivity index (χ3n) is 2.82. The van der Waals surface area contributed by atoms with Gasteiger partial charge in [0.2, 0.25) is 0 Å². The lowest BCUT2D eigenvalue weighted by atomic mass is 10.1. The van der Waals surface area contributed by atoms with Gasteiger partial charge in [-0.15, -0.1) is 0 Å². The Bertz CT molecular complexity index is 620. The topological polar surface area (TPSA) is 61.4 Å². The Morgan fingerprint density at radius 2 is 1.86 bits per heavy atom. The largest absolute Gasteiger partial charge is 0.387 e. The molecule has 110 valence electrons. The highest BCUT2D eigenvalue weighted by molar-refractivity contribution is 5.89. The second kappa shape index (κ2) is 6.81. The molecule has 0 bridgehead atoms. The van der Waals surface area contributed by atoms with E-state index in [1.807, 2.05) is 6.07 Å².